The average Bonchev–Trinajstić information content (AvgIpc) is 2.80. The molecule has 0 aliphatic carbocycles. The zero-order valence-electron chi connectivity index (χ0n) is 18.5. The van der Waals surface area contributed by atoms with Crippen LogP contribution in [0.15, 0.2) is 57.7 Å². The highest BCUT2D eigenvalue weighted by Gasteiger charge is 2.29. The van der Waals surface area contributed by atoms with Gasteiger partial charge in [0, 0.05) is 23.2 Å². The van der Waals surface area contributed by atoms with Crippen LogP contribution in [0, 0.1) is 6.92 Å². The number of nitrogens with one attached hydrogen (secondary N) is 1. The number of likely N-dealkylation sites (tertiary alicyclic amines) is 1. The van der Waals surface area contributed by atoms with Crippen LogP contribution >= 0.6 is 0 Å². The Kier molecular flexibility index (Phi) is 5.96. The third kappa shape index (κ3) is 4.28. The summed E-state index contributed by atoms with van der Waals surface area (Å²) in [5.74, 6) is 0.286. The first-order valence-corrected chi connectivity index (χ1v) is 11.0. The largest absolute Gasteiger partial charge is 0.455 e. The van der Waals surface area contributed by atoms with Gasteiger partial charge in [-0.2, -0.15) is 0 Å². The van der Waals surface area contributed by atoms with Crippen LogP contribution in [0.2, 0.25) is 0 Å². The summed E-state index contributed by atoms with van der Waals surface area (Å²) < 4.78 is 6.19. The van der Waals surface area contributed by atoms with Crippen LogP contribution in [-0.2, 0) is 0 Å². The van der Waals surface area contributed by atoms with E-state index >= 15 is 0 Å². The van der Waals surface area contributed by atoms with E-state index in [9.17, 15) is 9.59 Å². The van der Waals surface area contributed by atoms with Crippen LogP contribution in [0.4, 0.5) is 0 Å². The molecule has 162 valence electrons. The summed E-state index contributed by atoms with van der Waals surface area (Å²) in [6.45, 7) is 8.75. The minimum Gasteiger partial charge on any atom is -0.455 e. The second kappa shape index (κ2) is 8.67. The maximum atomic E-state index is 13.1. The lowest BCUT2D eigenvalue weighted by Crippen LogP contribution is -2.53. The van der Waals surface area contributed by atoms with Gasteiger partial charge in [-0.05, 0) is 58.8 Å². The van der Waals surface area contributed by atoms with Crippen LogP contribution in [0.25, 0.3) is 22.3 Å². The van der Waals surface area contributed by atoms with Gasteiger partial charge in [0.15, 0.2) is 11.0 Å². The molecule has 1 aliphatic rings. The van der Waals surface area contributed by atoms with Gasteiger partial charge in [0.2, 0.25) is 0 Å². The quantitative estimate of drug-likeness (QED) is 0.649. The lowest BCUT2D eigenvalue weighted by atomic mass is 9.98. The first-order valence-electron chi connectivity index (χ1n) is 11.0. The molecule has 4 rings (SSSR count). The van der Waals surface area contributed by atoms with Crippen molar-refractivity contribution in [3.8, 4) is 11.3 Å². The second-order valence-corrected chi connectivity index (χ2v) is 8.98. The van der Waals surface area contributed by atoms with Gasteiger partial charge in [-0.3, -0.25) is 14.5 Å². The molecule has 0 bridgehead atoms. The Morgan fingerprint density at radius 3 is 2.45 bits per heavy atom. The van der Waals surface area contributed by atoms with E-state index in [1.807, 2.05) is 30.3 Å². The summed E-state index contributed by atoms with van der Waals surface area (Å²) >= 11 is 0. The fourth-order valence-corrected chi connectivity index (χ4v) is 4.36. The molecular weight excluding hydrogens is 388 g/mol. The van der Waals surface area contributed by atoms with Crippen molar-refractivity contribution in [2.45, 2.75) is 45.6 Å². The summed E-state index contributed by atoms with van der Waals surface area (Å²) in [5.41, 5.74) is 1.85. The Morgan fingerprint density at radius 1 is 1.03 bits per heavy atom. The normalized spacial score (nSPS) is 15.2. The molecule has 0 radical (unpaired) electrons. The molecule has 2 heterocycles. The fraction of sp³-hybridized carbons (Fsp3) is 0.385. The van der Waals surface area contributed by atoms with E-state index in [1.165, 1.54) is 19.3 Å². The van der Waals surface area contributed by atoms with Gasteiger partial charge in [0.25, 0.3) is 5.91 Å². The van der Waals surface area contributed by atoms with E-state index in [1.54, 1.807) is 25.1 Å². The lowest BCUT2D eigenvalue weighted by Gasteiger charge is -2.41. The van der Waals surface area contributed by atoms with Crippen LogP contribution in [0.1, 0.15) is 49.0 Å². The van der Waals surface area contributed by atoms with E-state index in [4.69, 9.17) is 4.42 Å². The molecular formula is C26H30N2O3. The molecule has 1 N–H and O–H groups in total. The number of nitrogens with zero attached hydrogens (tertiary/aromatic N) is 1. The van der Waals surface area contributed by atoms with Gasteiger partial charge in [-0.1, -0.05) is 42.8 Å². The van der Waals surface area contributed by atoms with Crippen molar-refractivity contribution in [3.63, 3.8) is 0 Å². The van der Waals surface area contributed by atoms with Crippen LogP contribution in [-0.4, -0.2) is 36.0 Å². The van der Waals surface area contributed by atoms with E-state index < -0.39 is 0 Å². The zero-order chi connectivity index (χ0) is 22.0. The molecule has 0 atom stereocenters. The molecule has 31 heavy (non-hydrogen) atoms. The van der Waals surface area contributed by atoms with E-state index in [0.29, 0.717) is 34.4 Å². The first kappa shape index (κ1) is 21.3. The summed E-state index contributed by atoms with van der Waals surface area (Å²) in [4.78, 5) is 28.6. The molecule has 1 saturated heterocycles. The number of hydrogen-bond donors (Lipinski definition) is 1. The SMILES string of the molecule is Cc1c(-c2ccccc2)oc2c(C(=O)NCC(C)(C)N3CCCCC3)cccc2c1=O. The number of carbonyl (C=O) groups excluding carboxylic acids is 1. The van der Waals surface area contributed by atoms with Gasteiger partial charge >= 0.3 is 0 Å². The Bertz CT molecular complexity index is 1140. The Morgan fingerprint density at radius 2 is 1.74 bits per heavy atom. The van der Waals surface area contributed by atoms with Crippen LogP contribution in [0.5, 0.6) is 0 Å². The smallest absolute Gasteiger partial charge is 0.255 e. The third-order valence-electron chi connectivity index (χ3n) is 6.32. The predicted octanol–water partition coefficient (Wildman–Crippen LogP) is 4.76. The number of hydrogen-bond acceptors (Lipinski definition) is 4. The Labute approximate surface area is 183 Å². The minimum atomic E-state index is -0.221. The van der Waals surface area contributed by atoms with Crippen LogP contribution < -0.4 is 10.7 Å². The maximum absolute atomic E-state index is 13.1. The molecule has 1 fully saturated rings. The minimum absolute atomic E-state index is 0.108. The molecule has 1 aromatic heterocycles. The summed E-state index contributed by atoms with van der Waals surface area (Å²) in [6.07, 6.45) is 3.68. The molecule has 5 heteroatoms. The van der Waals surface area contributed by atoms with Crippen molar-refractivity contribution in [3.05, 3.63) is 69.9 Å². The standard InChI is InChI=1S/C26H30N2O3/c1-18-22(29)20-13-10-14-21(24(20)31-23(18)19-11-6-4-7-12-19)25(30)27-17-26(2,3)28-15-8-5-9-16-28/h4,6-7,10-14H,5,8-9,15-17H2,1-3H3,(H,27,30). The van der Waals surface area contributed by atoms with Gasteiger partial charge in [-0.25, -0.2) is 0 Å². The highest BCUT2D eigenvalue weighted by molar-refractivity contribution is 6.05. The number of benzene rings is 2. The monoisotopic (exact) mass is 418 g/mol. The molecule has 3 aromatic rings. The summed E-state index contributed by atoms with van der Waals surface area (Å²) in [6, 6.07) is 14.7. The first-order chi connectivity index (χ1) is 14.9. The van der Waals surface area contributed by atoms with E-state index in [2.05, 4.69) is 24.1 Å². The Hall–Kier alpha value is -2.92. The number of rotatable bonds is 5. The van der Waals surface area contributed by atoms with Gasteiger partial charge in [0.05, 0.1) is 10.9 Å². The summed E-state index contributed by atoms with van der Waals surface area (Å²) in [5, 5.41) is 3.51. The predicted molar refractivity (Wildman–Crippen MR) is 124 cm³/mol. The number of para-hydroxylation sites is 1. The van der Waals surface area contributed by atoms with Crippen LogP contribution in [0.3, 0.4) is 0 Å². The van der Waals surface area contributed by atoms with Crippen molar-refractivity contribution in [1.29, 1.82) is 0 Å². The highest BCUT2D eigenvalue weighted by Crippen LogP contribution is 2.27. The van der Waals surface area contributed by atoms with E-state index in [0.717, 1.165) is 18.7 Å². The second-order valence-electron chi connectivity index (χ2n) is 8.98. The molecule has 5 nitrogen and oxygen atoms in total. The Balaban J connectivity index is 1.66. The number of fused-ring (bicyclic) bond motifs is 1. The number of piperidine rings is 1. The molecule has 2 aromatic carbocycles. The van der Waals surface area contributed by atoms with Gasteiger partial charge in [-0.15, -0.1) is 0 Å². The molecule has 0 unspecified atom stereocenters. The van der Waals surface area contributed by atoms with Crippen molar-refractivity contribution >= 4 is 16.9 Å². The van der Waals surface area contributed by atoms with Crippen molar-refractivity contribution < 1.29 is 9.21 Å². The van der Waals surface area contributed by atoms with Crippen molar-refractivity contribution in [1.82, 2.24) is 10.2 Å². The summed E-state index contributed by atoms with van der Waals surface area (Å²) in [7, 11) is 0. The molecule has 1 amide bonds. The fourth-order valence-electron chi connectivity index (χ4n) is 4.36. The van der Waals surface area contributed by atoms with Crippen molar-refractivity contribution in [2.24, 2.45) is 0 Å². The van der Waals surface area contributed by atoms with Gasteiger partial charge in [0.1, 0.15) is 5.76 Å². The molecule has 0 spiro atoms. The number of carbonyl (C=O) groups is 1. The zero-order valence-corrected chi connectivity index (χ0v) is 18.5. The van der Waals surface area contributed by atoms with Gasteiger partial charge < -0.3 is 9.73 Å². The topological polar surface area (TPSA) is 62.6 Å². The maximum Gasteiger partial charge on any atom is 0.255 e. The lowest BCUT2D eigenvalue weighted by molar-refractivity contribution is 0.0798. The third-order valence-corrected chi connectivity index (χ3v) is 6.32. The molecule has 0 saturated carbocycles. The molecule has 1 aliphatic heterocycles. The average molecular weight is 419 g/mol. The number of amides is 1. The highest BCUT2D eigenvalue weighted by atomic mass is 16.3. The van der Waals surface area contributed by atoms with E-state index in [-0.39, 0.29) is 16.9 Å². The van der Waals surface area contributed by atoms with Crippen molar-refractivity contribution in [2.75, 3.05) is 19.6 Å².